The molecule has 5 nitrogen and oxygen atoms in total. The second-order valence-electron chi connectivity index (χ2n) is 7.55. The third-order valence-electron chi connectivity index (χ3n) is 5.55. The molecule has 2 amide bonds. The van der Waals surface area contributed by atoms with Crippen molar-refractivity contribution in [1.82, 2.24) is 9.88 Å². The lowest BCUT2D eigenvalue weighted by Crippen LogP contribution is -2.44. The third-order valence-corrected chi connectivity index (χ3v) is 5.55. The standard InChI is InChI=1S/C25H25N3O2/c29-24(21-9-3-1-4-10-21)27-16-13-22(14-17-27)25(30)28(23-11-5-2-6-12-23)19-20-8-7-15-26-18-20/h1-12,15,18,22H,13-14,16-17,19H2. The van der Waals surface area contributed by atoms with E-state index in [4.69, 9.17) is 0 Å². The Morgan fingerprint density at radius 1 is 0.900 bits per heavy atom. The summed E-state index contributed by atoms with van der Waals surface area (Å²) in [5.74, 6) is 0.0512. The first-order valence-corrected chi connectivity index (χ1v) is 10.3. The van der Waals surface area contributed by atoms with Gasteiger partial charge in [0.05, 0.1) is 6.54 Å². The number of amides is 2. The summed E-state index contributed by atoms with van der Waals surface area (Å²) in [5, 5.41) is 0. The summed E-state index contributed by atoms with van der Waals surface area (Å²) in [6, 6.07) is 23.0. The maximum absolute atomic E-state index is 13.5. The van der Waals surface area contributed by atoms with Gasteiger partial charge in [-0.1, -0.05) is 42.5 Å². The Hall–Kier alpha value is -3.47. The van der Waals surface area contributed by atoms with Crippen LogP contribution < -0.4 is 4.90 Å². The van der Waals surface area contributed by atoms with Crippen molar-refractivity contribution in [2.24, 2.45) is 5.92 Å². The van der Waals surface area contributed by atoms with Gasteiger partial charge in [-0.05, 0) is 48.7 Å². The van der Waals surface area contributed by atoms with Crippen LogP contribution in [0.3, 0.4) is 0 Å². The molecule has 0 saturated carbocycles. The average molecular weight is 399 g/mol. The SMILES string of the molecule is O=C(c1ccccc1)N1CCC(C(=O)N(Cc2cccnc2)c2ccccc2)CC1. The molecule has 3 aromatic rings. The minimum Gasteiger partial charge on any atom is -0.339 e. The Morgan fingerprint density at radius 2 is 1.57 bits per heavy atom. The van der Waals surface area contributed by atoms with E-state index in [-0.39, 0.29) is 17.7 Å². The molecule has 0 N–H and O–H groups in total. The van der Waals surface area contributed by atoms with Crippen LogP contribution in [0, 0.1) is 5.92 Å². The normalized spacial score (nSPS) is 14.3. The van der Waals surface area contributed by atoms with E-state index < -0.39 is 0 Å². The molecule has 0 bridgehead atoms. The van der Waals surface area contributed by atoms with E-state index in [1.54, 1.807) is 12.4 Å². The summed E-state index contributed by atoms with van der Waals surface area (Å²) in [6.07, 6.45) is 4.88. The molecule has 4 rings (SSSR count). The number of likely N-dealkylation sites (tertiary alicyclic amines) is 1. The highest BCUT2D eigenvalue weighted by Crippen LogP contribution is 2.25. The molecule has 0 radical (unpaired) electrons. The fourth-order valence-electron chi connectivity index (χ4n) is 3.89. The lowest BCUT2D eigenvalue weighted by atomic mass is 9.94. The van der Waals surface area contributed by atoms with Crippen molar-refractivity contribution in [3.63, 3.8) is 0 Å². The number of pyridine rings is 1. The van der Waals surface area contributed by atoms with E-state index in [0.29, 0.717) is 38.0 Å². The molecule has 0 unspecified atom stereocenters. The summed E-state index contributed by atoms with van der Waals surface area (Å²) in [6.45, 7) is 1.68. The Morgan fingerprint density at radius 3 is 2.20 bits per heavy atom. The number of hydrogen-bond donors (Lipinski definition) is 0. The summed E-state index contributed by atoms with van der Waals surface area (Å²) >= 11 is 0. The zero-order valence-corrected chi connectivity index (χ0v) is 16.9. The Labute approximate surface area is 177 Å². The number of piperidine rings is 1. The molecule has 0 spiro atoms. The second-order valence-corrected chi connectivity index (χ2v) is 7.55. The average Bonchev–Trinajstić information content (AvgIpc) is 2.83. The van der Waals surface area contributed by atoms with Crippen LogP contribution >= 0.6 is 0 Å². The van der Waals surface area contributed by atoms with Crippen LogP contribution in [-0.2, 0) is 11.3 Å². The van der Waals surface area contributed by atoms with Gasteiger partial charge in [-0.25, -0.2) is 0 Å². The van der Waals surface area contributed by atoms with Crippen LogP contribution in [-0.4, -0.2) is 34.8 Å². The number of nitrogens with zero attached hydrogens (tertiary/aromatic N) is 3. The van der Waals surface area contributed by atoms with Crippen LogP contribution in [0.2, 0.25) is 0 Å². The molecule has 1 saturated heterocycles. The third kappa shape index (κ3) is 4.57. The van der Waals surface area contributed by atoms with Gasteiger partial charge in [0.2, 0.25) is 5.91 Å². The first-order valence-electron chi connectivity index (χ1n) is 10.3. The van der Waals surface area contributed by atoms with Crippen molar-refractivity contribution in [3.8, 4) is 0 Å². The minimum absolute atomic E-state index is 0.0387. The highest BCUT2D eigenvalue weighted by atomic mass is 16.2. The monoisotopic (exact) mass is 399 g/mol. The molecule has 1 aromatic heterocycles. The maximum Gasteiger partial charge on any atom is 0.253 e. The van der Waals surface area contributed by atoms with Gasteiger partial charge < -0.3 is 9.80 Å². The Kier molecular flexibility index (Phi) is 6.18. The molecule has 5 heteroatoms. The van der Waals surface area contributed by atoms with Crippen LogP contribution in [0.4, 0.5) is 5.69 Å². The number of hydrogen-bond acceptors (Lipinski definition) is 3. The molecular formula is C25H25N3O2. The lowest BCUT2D eigenvalue weighted by Gasteiger charge is -2.34. The van der Waals surface area contributed by atoms with Gasteiger partial charge in [0, 0.05) is 42.7 Å². The van der Waals surface area contributed by atoms with Crippen molar-refractivity contribution < 1.29 is 9.59 Å². The predicted molar refractivity (Wildman–Crippen MR) is 117 cm³/mol. The fourth-order valence-corrected chi connectivity index (χ4v) is 3.89. The van der Waals surface area contributed by atoms with Gasteiger partial charge in [0.25, 0.3) is 5.91 Å². The van der Waals surface area contributed by atoms with Gasteiger partial charge in [-0.3, -0.25) is 14.6 Å². The molecule has 30 heavy (non-hydrogen) atoms. The Balaban J connectivity index is 1.45. The van der Waals surface area contributed by atoms with E-state index in [2.05, 4.69) is 4.98 Å². The first-order chi connectivity index (χ1) is 14.7. The van der Waals surface area contributed by atoms with Crippen LogP contribution in [0.25, 0.3) is 0 Å². The number of carbonyl (C=O) groups is 2. The van der Waals surface area contributed by atoms with E-state index >= 15 is 0 Å². The molecule has 1 aliphatic rings. The zero-order chi connectivity index (χ0) is 20.8. The number of rotatable bonds is 5. The molecule has 2 heterocycles. The smallest absolute Gasteiger partial charge is 0.253 e. The van der Waals surface area contributed by atoms with Crippen LogP contribution in [0.1, 0.15) is 28.8 Å². The summed E-state index contributed by atoms with van der Waals surface area (Å²) < 4.78 is 0. The number of para-hydroxylation sites is 1. The molecular weight excluding hydrogens is 374 g/mol. The molecule has 0 atom stereocenters. The number of carbonyl (C=O) groups excluding carboxylic acids is 2. The van der Waals surface area contributed by atoms with E-state index in [0.717, 1.165) is 11.3 Å². The minimum atomic E-state index is -0.0956. The van der Waals surface area contributed by atoms with Crippen molar-refractivity contribution in [1.29, 1.82) is 0 Å². The van der Waals surface area contributed by atoms with Crippen molar-refractivity contribution in [3.05, 3.63) is 96.3 Å². The molecule has 1 aliphatic heterocycles. The number of anilines is 1. The van der Waals surface area contributed by atoms with Crippen LogP contribution in [0.5, 0.6) is 0 Å². The van der Waals surface area contributed by atoms with Gasteiger partial charge in [0.1, 0.15) is 0 Å². The highest BCUT2D eigenvalue weighted by Gasteiger charge is 2.31. The van der Waals surface area contributed by atoms with Gasteiger partial charge in [-0.2, -0.15) is 0 Å². The second kappa shape index (κ2) is 9.35. The van der Waals surface area contributed by atoms with Crippen molar-refractivity contribution in [2.75, 3.05) is 18.0 Å². The molecule has 2 aromatic carbocycles. The van der Waals surface area contributed by atoms with Crippen LogP contribution in [0.15, 0.2) is 85.2 Å². The molecule has 0 aliphatic carbocycles. The lowest BCUT2D eigenvalue weighted by molar-refractivity contribution is -0.123. The number of benzene rings is 2. The van der Waals surface area contributed by atoms with Gasteiger partial charge in [0.15, 0.2) is 0 Å². The summed E-state index contributed by atoms with van der Waals surface area (Å²) in [5.41, 5.74) is 2.57. The van der Waals surface area contributed by atoms with E-state index in [1.807, 2.05) is 82.6 Å². The maximum atomic E-state index is 13.5. The van der Waals surface area contributed by atoms with Gasteiger partial charge in [-0.15, -0.1) is 0 Å². The molecule has 1 fully saturated rings. The predicted octanol–water partition coefficient (Wildman–Crippen LogP) is 4.17. The first kappa shape index (κ1) is 19.8. The van der Waals surface area contributed by atoms with E-state index in [1.165, 1.54) is 0 Å². The highest BCUT2D eigenvalue weighted by molar-refractivity contribution is 5.96. The van der Waals surface area contributed by atoms with Crippen molar-refractivity contribution in [2.45, 2.75) is 19.4 Å². The Bertz CT molecular complexity index is 969. The fraction of sp³-hybridized carbons (Fsp3) is 0.240. The number of aromatic nitrogens is 1. The largest absolute Gasteiger partial charge is 0.339 e. The van der Waals surface area contributed by atoms with Crippen molar-refractivity contribution >= 4 is 17.5 Å². The topological polar surface area (TPSA) is 53.5 Å². The zero-order valence-electron chi connectivity index (χ0n) is 16.9. The quantitative estimate of drug-likeness (QED) is 0.647. The summed E-state index contributed by atoms with van der Waals surface area (Å²) in [4.78, 5) is 34.0. The van der Waals surface area contributed by atoms with E-state index in [9.17, 15) is 9.59 Å². The molecule has 152 valence electrons. The van der Waals surface area contributed by atoms with Gasteiger partial charge >= 0.3 is 0 Å². The summed E-state index contributed by atoms with van der Waals surface area (Å²) in [7, 11) is 0.